The lowest BCUT2D eigenvalue weighted by Crippen LogP contribution is -2.35. The monoisotopic (exact) mass is 340 g/mol. The molecular formula is C15H21BrN2O2. The van der Waals surface area contributed by atoms with Crippen LogP contribution in [0.25, 0.3) is 0 Å². The molecule has 1 aromatic rings. The van der Waals surface area contributed by atoms with Gasteiger partial charge >= 0.3 is 5.97 Å². The maximum Gasteiger partial charge on any atom is 0.336 e. The highest BCUT2D eigenvalue weighted by atomic mass is 79.9. The molecule has 1 N–H and O–H groups in total. The molecule has 1 aromatic carbocycles. The Kier molecular flexibility index (Phi) is 5.05. The van der Waals surface area contributed by atoms with Crippen LogP contribution in [0.1, 0.15) is 23.2 Å². The molecule has 1 aliphatic heterocycles. The van der Waals surface area contributed by atoms with E-state index in [1.54, 1.807) is 6.07 Å². The molecule has 0 radical (unpaired) electrons. The molecule has 0 saturated carbocycles. The molecule has 0 unspecified atom stereocenters. The van der Waals surface area contributed by atoms with E-state index < -0.39 is 5.97 Å². The lowest BCUT2D eigenvalue weighted by atomic mass is 9.96. The van der Waals surface area contributed by atoms with Crippen LogP contribution in [0.15, 0.2) is 22.7 Å². The lowest BCUT2D eigenvalue weighted by molar-refractivity contribution is 0.0696. The molecule has 4 nitrogen and oxygen atoms in total. The Morgan fingerprint density at radius 2 is 2.10 bits per heavy atom. The number of carboxylic acids is 1. The van der Waals surface area contributed by atoms with Gasteiger partial charge in [0, 0.05) is 23.8 Å². The van der Waals surface area contributed by atoms with E-state index in [2.05, 4.69) is 39.8 Å². The SMILES string of the molecule is CN1CCC(CN(C)c2ccc(C(=O)O)c(Br)c2)CC1. The molecule has 1 heterocycles. The van der Waals surface area contributed by atoms with Crippen LogP contribution in [-0.2, 0) is 0 Å². The first-order valence-corrected chi connectivity index (χ1v) is 7.69. The molecular weight excluding hydrogens is 320 g/mol. The summed E-state index contributed by atoms with van der Waals surface area (Å²) in [5.74, 6) is -0.185. The van der Waals surface area contributed by atoms with E-state index in [-0.39, 0.29) is 0 Å². The van der Waals surface area contributed by atoms with Gasteiger partial charge in [-0.3, -0.25) is 0 Å². The predicted octanol–water partition coefficient (Wildman–Crippen LogP) is 2.93. The number of nitrogens with zero attached hydrogens (tertiary/aromatic N) is 2. The largest absolute Gasteiger partial charge is 0.478 e. The van der Waals surface area contributed by atoms with Crippen LogP contribution in [0.3, 0.4) is 0 Å². The molecule has 20 heavy (non-hydrogen) atoms. The zero-order valence-electron chi connectivity index (χ0n) is 12.0. The van der Waals surface area contributed by atoms with E-state index in [0.29, 0.717) is 16.0 Å². The van der Waals surface area contributed by atoms with Crippen LogP contribution in [0.2, 0.25) is 0 Å². The molecule has 2 rings (SSSR count). The Labute approximate surface area is 128 Å². The van der Waals surface area contributed by atoms with E-state index in [0.717, 1.165) is 12.2 Å². The highest BCUT2D eigenvalue weighted by Gasteiger charge is 2.19. The Morgan fingerprint density at radius 3 is 2.65 bits per heavy atom. The van der Waals surface area contributed by atoms with E-state index in [1.165, 1.54) is 25.9 Å². The topological polar surface area (TPSA) is 43.8 Å². The number of rotatable bonds is 4. The summed E-state index contributed by atoms with van der Waals surface area (Å²) in [4.78, 5) is 15.6. The van der Waals surface area contributed by atoms with E-state index in [9.17, 15) is 4.79 Å². The summed E-state index contributed by atoms with van der Waals surface area (Å²) in [6, 6.07) is 5.43. The summed E-state index contributed by atoms with van der Waals surface area (Å²) in [6.07, 6.45) is 2.46. The van der Waals surface area contributed by atoms with Crippen LogP contribution >= 0.6 is 15.9 Å². The van der Waals surface area contributed by atoms with Gasteiger partial charge in [-0.2, -0.15) is 0 Å². The average Bonchev–Trinajstić information content (AvgIpc) is 2.40. The zero-order valence-corrected chi connectivity index (χ0v) is 13.6. The molecule has 0 spiro atoms. The van der Waals surface area contributed by atoms with Crippen molar-refractivity contribution in [3.63, 3.8) is 0 Å². The van der Waals surface area contributed by atoms with E-state index in [4.69, 9.17) is 5.11 Å². The molecule has 0 bridgehead atoms. The first-order chi connectivity index (χ1) is 9.47. The maximum atomic E-state index is 11.0. The fourth-order valence-electron chi connectivity index (χ4n) is 2.65. The van der Waals surface area contributed by atoms with Crippen LogP contribution < -0.4 is 4.90 Å². The van der Waals surface area contributed by atoms with Crippen LogP contribution in [0.5, 0.6) is 0 Å². The number of anilines is 1. The van der Waals surface area contributed by atoms with Crippen molar-refractivity contribution in [1.29, 1.82) is 0 Å². The summed E-state index contributed by atoms with van der Waals surface area (Å²) >= 11 is 3.33. The molecule has 1 fully saturated rings. The van der Waals surface area contributed by atoms with E-state index in [1.807, 2.05) is 12.1 Å². The number of carbonyl (C=O) groups is 1. The van der Waals surface area contributed by atoms with Crippen molar-refractivity contribution >= 4 is 27.6 Å². The second-order valence-corrected chi connectivity index (χ2v) is 6.45. The molecule has 0 aromatic heterocycles. The van der Waals surface area contributed by atoms with Crippen molar-refractivity contribution in [2.45, 2.75) is 12.8 Å². The summed E-state index contributed by atoms with van der Waals surface area (Å²) in [5.41, 5.74) is 1.36. The molecule has 5 heteroatoms. The minimum absolute atomic E-state index is 0.307. The minimum atomic E-state index is -0.901. The second kappa shape index (κ2) is 6.59. The Bertz CT molecular complexity index is 485. The Morgan fingerprint density at radius 1 is 1.45 bits per heavy atom. The summed E-state index contributed by atoms with van der Waals surface area (Å²) in [7, 11) is 4.24. The Balaban J connectivity index is 2.00. The van der Waals surface area contributed by atoms with Gasteiger partial charge in [-0.1, -0.05) is 0 Å². The second-order valence-electron chi connectivity index (χ2n) is 5.60. The van der Waals surface area contributed by atoms with Gasteiger partial charge in [0.25, 0.3) is 0 Å². The van der Waals surface area contributed by atoms with Gasteiger partial charge in [-0.05, 0) is 73.0 Å². The summed E-state index contributed by atoms with van der Waals surface area (Å²) in [5, 5.41) is 9.03. The molecule has 0 aliphatic carbocycles. The average molecular weight is 341 g/mol. The maximum absolute atomic E-state index is 11.0. The lowest BCUT2D eigenvalue weighted by Gasteiger charge is -2.32. The first kappa shape index (κ1) is 15.3. The van der Waals surface area contributed by atoms with Crippen molar-refractivity contribution < 1.29 is 9.90 Å². The third-order valence-electron chi connectivity index (χ3n) is 3.99. The number of likely N-dealkylation sites (tertiary alicyclic amines) is 1. The van der Waals surface area contributed by atoms with Gasteiger partial charge in [-0.25, -0.2) is 4.79 Å². The first-order valence-electron chi connectivity index (χ1n) is 6.90. The van der Waals surface area contributed by atoms with Crippen molar-refractivity contribution in [3.05, 3.63) is 28.2 Å². The number of benzene rings is 1. The molecule has 0 amide bonds. The fourth-order valence-corrected chi connectivity index (χ4v) is 3.19. The van der Waals surface area contributed by atoms with Gasteiger partial charge in [0.05, 0.1) is 5.56 Å². The number of hydrogen-bond donors (Lipinski definition) is 1. The highest BCUT2D eigenvalue weighted by molar-refractivity contribution is 9.10. The standard InChI is InChI=1S/C15H21BrN2O2/c1-17-7-5-11(6-8-17)10-18(2)12-3-4-13(15(19)20)14(16)9-12/h3-4,9,11H,5-8,10H2,1-2H3,(H,19,20). The van der Waals surface area contributed by atoms with Crippen molar-refractivity contribution in [2.75, 3.05) is 38.6 Å². The van der Waals surface area contributed by atoms with Gasteiger partial charge < -0.3 is 14.9 Å². The van der Waals surface area contributed by atoms with Crippen molar-refractivity contribution in [3.8, 4) is 0 Å². The predicted molar refractivity (Wildman–Crippen MR) is 84.6 cm³/mol. The number of piperidine rings is 1. The fraction of sp³-hybridized carbons (Fsp3) is 0.533. The van der Waals surface area contributed by atoms with Gasteiger partial charge in [0.1, 0.15) is 0 Å². The smallest absolute Gasteiger partial charge is 0.336 e. The number of carboxylic acid groups (broad SMARTS) is 1. The Hall–Kier alpha value is -1.07. The highest BCUT2D eigenvalue weighted by Crippen LogP contribution is 2.25. The third-order valence-corrected chi connectivity index (χ3v) is 4.65. The molecule has 110 valence electrons. The van der Waals surface area contributed by atoms with Crippen LogP contribution in [0, 0.1) is 5.92 Å². The number of aromatic carboxylic acids is 1. The van der Waals surface area contributed by atoms with Gasteiger partial charge in [0.15, 0.2) is 0 Å². The third kappa shape index (κ3) is 3.73. The minimum Gasteiger partial charge on any atom is -0.478 e. The molecule has 1 aliphatic rings. The zero-order chi connectivity index (χ0) is 14.7. The van der Waals surface area contributed by atoms with Crippen LogP contribution in [0.4, 0.5) is 5.69 Å². The summed E-state index contributed by atoms with van der Waals surface area (Å²) < 4.78 is 0.637. The molecule has 0 atom stereocenters. The van der Waals surface area contributed by atoms with Crippen LogP contribution in [-0.4, -0.2) is 49.7 Å². The van der Waals surface area contributed by atoms with E-state index >= 15 is 0 Å². The quantitative estimate of drug-likeness (QED) is 0.915. The number of hydrogen-bond acceptors (Lipinski definition) is 3. The number of halogens is 1. The van der Waals surface area contributed by atoms with Crippen molar-refractivity contribution in [1.82, 2.24) is 4.90 Å². The summed E-state index contributed by atoms with van der Waals surface area (Å²) in [6.45, 7) is 3.35. The van der Waals surface area contributed by atoms with Gasteiger partial charge in [-0.15, -0.1) is 0 Å². The van der Waals surface area contributed by atoms with Crippen molar-refractivity contribution in [2.24, 2.45) is 5.92 Å². The molecule has 1 saturated heterocycles. The normalized spacial score (nSPS) is 17.1. The van der Waals surface area contributed by atoms with Gasteiger partial charge in [0.2, 0.25) is 0 Å².